The molecule has 0 spiro atoms. The third kappa shape index (κ3) is 8.07. The van der Waals surface area contributed by atoms with Gasteiger partial charge in [0.1, 0.15) is 17.3 Å². The van der Waals surface area contributed by atoms with Crippen molar-refractivity contribution in [2.75, 3.05) is 17.4 Å². The maximum absolute atomic E-state index is 13.5. The largest absolute Gasteiger partial charge is 0.496 e. The Morgan fingerprint density at radius 2 is 1.59 bits per heavy atom. The summed E-state index contributed by atoms with van der Waals surface area (Å²) in [5.74, 6) is -0.722. The molecule has 0 radical (unpaired) electrons. The molecule has 4 amide bonds. The van der Waals surface area contributed by atoms with Gasteiger partial charge in [0.2, 0.25) is 5.91 Å². The molecule has 5 rings (SSSR count). The van der Waals surface area contributed by atoms with Crippen LogP contribution in [-0.2, 0) is 14.4 Å². The molecule has 0 bridgehead atoms. The number of hydrogen-bond donors (Lipinski definition) is 3. The third-order valence-electron chi connectivity index (χ3n) is 6.79. The molecule has 1 heterocycles. The second-order valence-electron chi connectivity index (χ2n) is 10.1. The topological polar surface area (TPSA) is 129 Å². The number of hydrogen-bond acceptors (Lipinski definition) is 7. The molecule has 4 aromatic carbocycles. The molecule has 1 aliphatic rings. The van der Waals surface area contributed by atoms with E-state index >= 15 is 0 Å². The van der Waals surface area contributed by atoms with E-state index in [4.69, 9.17) is 4.74 Å². The molecule has 0 saturated heterocycles. The van der Waals surface area contributed by atoms with Crippen LogP contribution in [0.2, 0.25) is 0 Å². The summed E-state index contributed by atoms with van der Waals surface area (Å²) in [6.07, 6.45) is 1.54. The highest BCUT2D eigenvalue weighted by Crippen LogP contribution is 2.27. The summed E-state index contributed by atoms with van der Waals surface area (Å²) < 4.78 is 5.43. The van der Waals surface area contributed by atoms with Gasteiger partial charge >= 0.3 is 0 Å². The van der Waals surface area contributed by atoms with Crippen LogP contribution in [0.4, 0.5) is 11.4 Å². The van der Waals surface area contributed by atoms with E-state index in [1.807, 2.05) is 30.3 Å². The van der Waals surface area contributed by atoms with Crippen LogP contribution in [0.25, 0.3) is 6.08 Å². The Hall–Kier alpha value is -5.68. The van der Waals surface area contributed by atoms with Crippen molar-refractivity contribution >= 4 is 58.7 Å². The van der Waals surface area contributed by atoms with Crippen LogP contribution in [0, 0.1) is 0 Å². The SMILES string of the molecule is COc1ccccc1/C=C(/NC(=O)c1ccccc1)C(=O)Nc1cccc(SC(C)C(=O)NC2=NN(c3ccccc3)C(=O)C2)c1. The monoisotopic (exact) mass is 633 g/mol. The molecule has 1 unspecified atom stereocenters. The number of nitrogens with one attached hydrogen (secondary N) is 3. The number of carbonyl (C=O) groups excluding carboxylic acids is 4. The summed E-state index contributed by atoms with van der Waals surface area (Å²) in [6, 6.07) is 31.8. The zero-order chi connectivity index (χ0) is 32.5. The van der Waals surface area contributed by atoms with Crippen LogP contribution in [0.5, 0.6) is 5.75 Å². The molecule has 4 aromatic rings. The van der Waals surface area contributed by atoms with Crippen LogP contribution >= 0.6 is 11.8 Å². The number of ether oxygens (including phenoxy) is 1. The lowest BCUT2D eigenvalue weighted by molar-refractivity contribution is -0.119. The molecule has 0 fully saturated rings. The lowest BCUT2D eigenvalue weighted by Gasteiger charge is -2.14. The Labute approximate surface area is 270 Å². The van der Waals surface area contributed by atoms with Crippen molar-refractivity contribution in [1.29, 1.82) is 0 Å². The van der Waals surface area contributed by atoms with Crippen molar-refractivity contribution < 1.29 is 23.9 Å². The number of amides is 4. The van der Waals surface area contributed by atoms with Crippen molar-refractivity contribution in [1.82, 2.24) is 10.6 Å². The van der Waals surface area contributed by atoms with Crippen LogP contribution in [-0.4, -0.2) is 41.8 Å². The van der Waals surface area contributed by atoms with Crippen molar-refractivity contribution in [3.8, 4) is 5.75 Å². The third-order valence-corrected chi connectivity index (χ3v) is 7.88. The maximum Gasteiger partial charge on any atom is 0.272 e. The van der Waals surface area contributed by atoms with Gasteiger partial charge in [-0.05, 0) is 61.5 Å². The minimum Gasteiger partial charge on any atom is -0.496 e. The summed E-state index contributed by atoms with van der Waals surface area (Å²) in [7, 11) is 1.53. The molecule has 46 heavy (non-hydrogen) atoms. The Balaban J connectivity index is 1.27. The number of thioether (sulfide) groups is 1. The van der Waals surface area contributed by atoms with Gasteiger partial charge in [0.25, 0.3) is 17.7 Å². The molecule has 11 heteroatoms. The van der Waals surface area contributed by atoms with Gasteiger partial charge in [0, 0.05) is 21.7 Å². The number of benzene rings is 4. The van der Waals surface area contributed by atoms with Crippen LogP contribution in [0.3, 0.4) is 0 Å². The molecule has 232 valence electrons. The number of nitrogens with zero attached hydrogens (tertiary/aromatic N) is 2. The quantitative estimate of drug-likeness (QED) is 0.157. The number of carbonyl (C=O) groups is 4. The number of anilines is 2. The first-order chi connectivity index (χ1) is 22.3. The smallest absolute Gasteiger partial charge is 0.272 e. The number of methoxy groups -OCH3 is 1. The predicted molar refractivity (Wildman–Crippen MR) is 179 cm³/mol. The van der Waals surface area contributed by atoms with Crippen molar-refractivity contribution in [3.05, 3.63) is 126 Å². The average molecular weight is 634 g/mol. The fourth-order valence-electron chi connectivity index (χ4n) is 4.50. The average Bonchev–Trinajstić information content (AvgIpc) is 3.44. The van der Waals surface area contributed by atoms with Gasteiger partial charge in [-0.3, -0.25) is 19.2 Å². The first kappa shape index (κ1) is 31.7. The van der Waals surface area contributed by atoms with Crippen LogP contribution in [0.15, 0.2) is 125 Å². The number of hydrazone groups is 1. The maximum atomic E-state index is 13.5. The van der Waals surface area contributed by atoms with E-state index < -0.39 is 17.1 Å². The lowest BCUT2D eigenvalue weighted by Crippen LogP contribution is -2.35. The van der Waals surface area contributed by atoms with E-state index in [0.717, 1.165) is 4.90 Å². The summed E-state index contributed by atoms with van der Waals surface area (Å²) >= 11 is 1.28. The van der Waals surface area contributed by atoms with Gasteiger partial charge in [-0.1, -0.05) is 60.7 Å². The lowest BCUT2D eigenvalue weighted by atomic mass is 10.1. The Morgan fingerprint density at radius 1 is 0.891 bits per heavy atom. The molecule has 1 aliphatic heterocycles. The zero-order valence-electron chi connectivity index (χ0n) is 25.1. The number of para-hydroxylation sites is 2. The van der Waals surface area contributed by atoms with Gasteiger partial charge in [-0.15, -0.1) is 11.8 Å². The Kier molecular flexibility index (Phi) is 10.3. The van der Waals surface area contributed by atoms with Crippen LogP contribution < -0.4 is 25.7 Å². The van der Waals surface area contributed by atoms with E-state index in [9.17, 15) is 19.2 Å². The second kappa shape index (κ2) is 14.9. The molecule has 3 N–H and O–H groups in total. The molecule has 0 aliphatic carbocycles. The number of rotatable bonds is 10. The van der Waals surface area contributed by atoms with Crippen molar-refractivity contribution in [3.63, 3.8) is 0 Å². The van der Waals surface area contributed by atoms with Gasteiger partial charge < -0.3 is 20.7 Å². The van der Waals surface area contributed by atoms with Gasteiger partial charge in [0.15, 0.2) is 0 Å². The molecular formula is C35H31N5O5S. The summed E-state index contributed by atoms with van der Waals surface area (Å²) in [4.78, 5) is 52.7. The van der Waals surface area contributed by atoms with Crippen molar-refractivity contribution in [2.45, 2.75) is 23.5 Å². The first-order valence-electron chi connectivity index (χ1n) is 14.4. The molecule has 0 aromatic heterocycles. The highest BCUT2D eigenvalue weighted by atomic mass is 32.2. The van der Waals surface area contributed by atoms with Gasteiger partial charge in [-0.25, -0.2) is 0 Å². The molecule has 1 atom stereocenters. The standard InChI is InChI=1S/C35H31N5O5S/c1-23(33(42)38-31-22-32(41)40(39-31)27-16-7-4-8-17-27)46-28-18-11-15-26(21-28)36-35(44)29(20-25-14-9-10-19-30(25)45-2)37-34(43)24-12-5-3-6-13-24/h3-21,23H,22H2,1-2H3,(H,36,44)(H,37,43)(H,38,39,42)/b29-20+. The van der Waals surface area contributed by atoms with Crippen molar-refractivity contribution in [2.24, 2.45) is 5.10 Å². The predicted octanol–water partition coefficient (Wildman–Crippen LogP) is 5.45. The minimum atomic E-state index is -0.546. The summed E-state index contributed by atoms with van der Waals surface area (Å²) in [6.45, 7) is 1.74. The van der Waals surface area contributed by atoms with E-state index in [-0.39, 0.29) is 29.8 Å². The van der Waals surface area contributed by atoms with E-state index in [2.05, 4.69) is 21.1 Å². The highest BCUT2D eigenvalue weighted by Gasteiger charge is 2.27. The van der Waals surface area contributed by atoms with Gasteiger partial charge in [-0.2, -0.15) is 10.1 Å². The normalized spacial score (nSPS) is 13.4. The zero-order valence-corrected chi connectivity index (χ0v) is 25.9. The van der Waals surface area contributed by atoms with E-state index in [1.54, 1.807) is 91.9 Å². The molecule has 10 nitrogen and oxygen atoms in total. The first-order valence-corrected chi connectivity index (χ1v) is 15.2. The molecule has 0 saturated carbocycles. The number of amidine groups is 1. The summed E-state index contributed by atoms with van der Waals surface area (Å²) in [5.41, 5.74) is 2.10. The Bertz CT molecular complexity index is 1810. The highest BCUT2D eigenvalue weighted by molar-refractivity contribution is 8.00. The van der Waals surface area contributed by atoms with Crippen LogP contribution in [0.1, 0.15) is 29.3 Å². The van der Waals surface area contributed by atoms with E-state index in [0.29, 0.717) is 28.3 Å². The fourth-order valence-corrected chi connectivity index (χ4v) is 5.43. The molecular weight excluding hydrogens is 602 g/mol. The Morgan fingerprint density at radius 3 is 2.33 bits per heavy atom. The van der Waals surface area contributed by atoms with Gasteiger partial charge in [0.05, 0.1) is 24.5 Å². The minimum absolute atomic E-state index is 0.00887. The second-order valence-corrected chi connectivity index (χ2v) is 11.5. The summed E-state index contributed by atoms with van der Waals surface area (Å²) in [5, 5.41) is 13.3. The van der Waals surface area contributed by atoms with E-state index in [1.165, 1.54) is 23.9 Å². The fraction of sp³-hybridized carbons (Fsp3) is 0.114.